The Hall–Kier alpha value is -1.50. The molecule has 2 saturated heterocycles. The van der Waals surface area contributed by atoms with Gasteiger partial charge in [-0.2, -0.15) is 0 Å². The molecule has 3 fully saturated rings. The highest BCUT2D eigenvalue weighted by Crippen LogP contribution is 2.38. The van der Waals surface area contributed by atoms with Gasteiger partial charge in [0.2, 0.25) is 5.91 Å². The normalized spacial score (nSPS) is 30.1. The number of thiazole rings is 1. The maximum absolute atomic E-state index is 13.2. The summed E-state index contributed by atoms with van der Waals surface area (Å²) in [5.41, 5.74) is 7.67. The predicted octanol–water partition coefficient (Wildman–Crippen LogP) is 3.00. The van der Waals surface area contributed by atoms with Gasteiger partial charge in [0, 0.05) is 12.6 Å². The van der Waals surface area contributed by atoms with Crippen LogP contribution in [0.1, 0.15) is 49.6 Å². The van der Waals surface area contributed by atoms with E-state index in [0.29, 0.717) is 6.04 Å². The number of aromatic nitrogens is 1. The molecule has 3 unspecified atom stereocenters. The largest absolute Gasteiger partial charge is 0.332 e. The van der Waals surface area contributed by atoms with Crippen LogP contribution in [-0.2, 0) is 4.79 Å². The van der Waals surface area contributed by atoms with Crippen LogP contribution in [0.3, 0.4) is 0 Å². The van der Waals surface area contributed by atoms with Gasteiger partial charge in [0.25, 0.3) is 0 Å². The summed E-state index contributed by atoms with van der Waals surface area (Å²) in [4.78, 5) is 20.1. The molecule has 3 atom stereocenters. The molecule has 0 radical (unpaired) electrons. The third-order valence-electron chi connectivity index (χ3n) is 5.80. The third-order valence-corrected chi connectivity index (χ3v) is 6.94. The van der Waals surface area contributed by atoms with E-state index in [0.717, 1.165) is 42.2 Å². The average molecular weight is 356 g/mol. The van der Waals surface area contributed by atoms with Gasteiger partial charge in [0.15, 0.2) is 0 Å². The van der Waals surface area contributed by atoms with Gasteiger partial charge in [-0.15, -0.1) is 11.3 Å². The maximum Gasteiger partial charge on any atom is 0.241 e. The zero-order valence-corrected chi connectivity index (χ0v) is 15.1. The van der Waals surface area contributed by atoms with Crippen molar-refractivity contribution in [2.45, 2.75) is 56.7 Å². The molecule has 0 spiro atoms. The van der Waals surface area contributed by atoms with Crippen molar-refractivity contribution in [3.8, 4) is 0 Å². The first kappa shape index (κ1) is 15.7. The highest BCUT2D eigenvalue weighted by molar-refractivity contribution is 7.18. The zero-order chi connectivity index (χ0) is 16.8. The minimum Gasteiger partial charge on any atom is -0.332 e. The number of para-hydroxylation sites is 1. The number of piperidine rings is 1. The molecule has 1 amide bonds. The van der Waals surface area contributed by atoms with Crippen LogP contribution >= 0.6 is 11.3 Å². The Labute approximate surface area is 151 Å². The van der Waals surface area contributed by atoms with Crippen molar-refractivity contribution in [1.82, 2.24) is 20.7 Å². The molecule has 5 nitrogen and oxygen atoms in total. The molecular weight excluding hydrogens is 332 g/mol. The SMILES string of the molecule is O=C(C1CC(C2CC2)NN1)N1CCCCC1c1nc2ccccc2s1. The zero-order valence-electron chi connectivity index (χ0n) is 14.3. The molecule has 25 heavy (non-hydrogen) atoms. The van der Waals surface area contributed by atoms with Crippen molar-refractivity contribution < 1.29 is 4.79 Å². The maximum atomic E-state index is 13.2. The Morgan fingerprint density at radius 3 is 2.88 bits per heavy atom. The molecular formula is C19H24N4OS. The third kappa shape index (κ3) is 2.96. The minimum atomic E-state index is -0.0828. The summed E-state index contributed by atoms with van der Waals surface area (Å²) in [6, 6.07) is 8.80. The molecule has 5 rings (SSSR count). The van der Waals surface area contributed by atoms with Crippen molar-refractivity contribution in [1.29, 1.82) is 0 Å². The number of nitrogens with zero attached hydrogens (tertiary/aromatic N) is 2. The van der Waals surface area contributed by atoms with Crippen molar-refractivity contribution in [2.24, 2.45) is 5.92 Å². The number of carbonyl (C=O) groups excluding carboxylic acids is 1. The van der Waals surface area contributed by atoms with Crippen LogP contribution < -0.4 is 10.9 Å². The van der Waals surface area contributed by atoms with Gasteiger partial charge in [-0.1, -0.05) is 12.1 Å². The van der Waals surface area contributed by atoms with E-state index in [9.17, 15) is 4.79 Å². The Morgan fingerprint density at radius 1 is 1.16 bits per heavy atom. The monoisotopic (exact) mass is 356 g/mol. The number of nitrogens with one attached hydrogen (secondary N) is 2. The minimum absolute atomic E-state index is 0.0828. The summed E-state index contributed by atoms with van der Waals surface area (Å²) in [5.74, 6) is 1.02. The summed E-state index contributed by atoms with van der Waals surface area (Å²) in [6.45, 7) is 0.853. The van der Waals surface area contributed by atoms with Crippen molar-refractivity contribution in [3.63, 3.8) is 0 Å². The van der Waals surface area contributed by atoms with Gasteiger partial charge in [-0.05, 0) is 56.6 Å². The molecule has 2 N–H and O–H groups in total. The van der Waals surface area contributed by atoms with E-state index in [1.807, 2.05) is 6.07 Å². The van der Waals surface area contributed by atoms with E-state index >= 15 is 0 Å². The van der Waals surface area contributed by atoms with Crippen LogP contribution in [0.2, 0.25) is 0 Å². The van der Waals surface area contributed by atoms with Crippen LogP contribution in [0.4, 0.5) is 0 Å². The number of hydrogen-bond acceptors (Lipinski definition) is 5. The number of likely N-dealkylation sites (tertiary alicyclic amines) is 1. The van der Waals surface area contributed by atoms with E-state index in [4.69, 9.17) is 4.98 Å². The van der Waals surface area contributed by atoms with E-state index in [2.05, 4.69) is 34.0 Å². The van der Waals surface area contributed by atoms with Crippen LogP contribution in [0.5, 0.6) is 0 Å². The Balaban J connectivity index is 1.37. The smallest absolute Gasteiger partial charge is 0.241 e. The molecule has 1 aromatic carbocycles. The van der Waals surface area contributed by atoms with Crippen molar-refractivity contribution in [3.05, 3.63) is 29.3 Å². The molecule has 0 bridgehead atoms. The highest BCUT2D eigenvalue weighted by Gasteiger charge is 2.41. The molecule has 1 aromatic heterocycles. The fourth-order valence-electron chi connectivity index (χ4n) is 4.24. The van der Waals surface area contributed by atoms with E-state index in [1.54, 1.807) is 11.3 Å². The topological polar surface area (TPSA) is 57.3 Å². The molecule has 1 saturated carbocycles. The molecule has 1 aliphatic carbocycles. The van der Waals surface area contributed by atoms with E-state index in [1.165, 1.54) is 24.0 Å². The van der Waals surface area contributed by atoms with Gasteiger partial charge in [-0.25, -0.2) is 10.4 Å². The second-order valence-electron chi connectivity index (χ2n) is 7.58. The van der Waals surface area contributed by atoms with E-state index in [-0.39, 0.29) is 18.0 Å². The van der Waals surface area contributed by atoms with Crippen molar-refractivity contribution >= 4 is 27.5 Å². The summed E-state index contributed by atoms with van der Waals surface area (Å²) in [5, 5.41) is 1.10. The quantitative estimate of drug-likeness (QED) is 0.888. The average Bonchev–Trinajstić information content (AvgIpc) is 3.22. The molecule has 2 aromatic rings. The first-order valence-corrected chi connectivity index (χ1v) is 10.3. The van der Waals surface area contributed by atoms with Crippen LogP contribution in [0.25, 0.3) is 10.2 Å². The highest BCUT2D eigenvalue weighted by atomic mass is 32.1. The lowest BCUT2D eigenvalue weighted by atomic mass is 9.99. The van der Waals surface area contributed by atoms with Crippen LogP contribution in [-0.4, -0.2) is 34.4 Å². The Bertz CT molecular complexity index is 754. The number of benzene rings is 1. The fraction of sp³-hybridized carbons (Fsp3) is 0.579. The summed E-state index contributed by atoms with van der Waals surface area (Å²) in [7, 11) is 0. The van der Waals surface area contributed by atoms with Gasteiger partial charge in [-0.3, -0.25) is 10.2 Å². The van der Waals surface area contributed by atoms with E-state index < -0.39 is 0 Å². The molecule has 3 heterocycles. The molecule has 2 aliphatic heterocycles. The van der Waals surface area contributed by atoms with Crippen LogP contribution in [0.15, 0.2) is 24.3 Å². The summed E-state index contributed by atoms with van der Waals surface area (Å²) < 4.78 is 1.21. The Morgan fingerprint density at radius 2 is 2.04 bits per heavy atom. The van der Waals surface area contributed by atoms with Gasteiger partial charge >= 0.3 is 0 Å². The lowest BCUT2D eigenvalue weighted by Crippen LogP contribution is -2.48. The number of rotatable bonds is 3. The second kappa shape index (κ2) is 6.34. The number of hydrogen-bond donors (Lipinski definition) is 2. The molecule has 6 heteroatoms. The summed E-state index contributed by atoms with van der Waals surface area (Å²) >= 11 is 1.74. The number of hydrazine groups is 1. The fourth-order valence-corrected chi connectivity index (χ4v) is 5.35. The molecule has 132 valence electrons. The number of carbonyl (C=O) groups is 1. The Kier molecular flexibility index (Phi) is 3.99. The number of amides is 1. The molecule has 3 aliphatic rings. The number of fused-ring (bicyclic) bond motifs is 1. The first-order chi connectivity index (χ1) is 12.3. The van der Waals surface area contributed by atoms with Gasteiger partial charge in [0.1, 0.15) is 11.0 Å². The summed E-state index contributed by atoms with van der Waals surface area (Å²) in [6.07, 6.45) is 6.83. The first-order valence-electron chi connectivity index (χ1n) is 9.46. The van der Waals surface area contributed by atoms with Gasteiger partial charge < -0.3 is 4.90 Å². The van der Waals surface area contributed by atoms with Crippen LogP contribution in [0, 0.1) is 5.92 Å². The predicted molar refractivity (Wildman–Crippen MR) is 99.1 cm³/mol. The van der Waals surface area contributed by atoms with Gasteiger partial charge in [0.05, 0.1) is 16.3 Å². The lowest BCUT2D eigenvalue weighted by molar-refractivity contribution is -0.137. The van der Waals surface area contributed by atoms with Crippen molar-refractivity contribution in [2.75, 3.05) is 6.54 Å². The standard InChI is InChI=1S/C19H24N4OS/c24-19(15-11-14(21-22-15)12-8-9-12)23-10-4-3-6-16(23)18-20-13-5-1-2-7-17(13)25-18/h1-2,5,7,12,14-16,21-22H,3-4,6,8-11H2. The lowest BCUT2D eigenvalue weighted by Gasteiger charge is -2.36. The second-order valence-corrected chi connectivity index (χ2v) is 8.65.